The lowest BCUT2D eigenvalue weighted by Gasteiger charge is -2.37. The number of benzene rings is 2. The van der Waals surface area contributed by atoms with E-state index in [1.807, 2.05) is 42.5 Å². The van der Waals surface area contributed by atoms with E-state index in [2.05, 4.69) is 16.1 Å². The molecular formula is C20H23ClN4O3S. The van der Waals surface area contributed by atoms with Crippen molar-refractivity contribution in [3.05, 3.63) is 58.6 Å². The van der Waals surface area contributed by atoms with Gasteiger partial charge in [0.15, 0.2) is 0 Å². The highest BCUT2D eigenvalue weighted by Crippen LogP contribution is 2.31. The number of hydrogen-bond donors (Lipinski definition) is 3. The minimum absolute atomic E-state index is 0.133. The topological polar surface area (TPSA) is 74.9 Å². The molecule has 154 valence electrons. The summed E-state index contributed by atoms with van der Waals surface area (Å²) in [5, 5.41) is 8.86. The molecule has 2 amide bonds. The lowest BCUT2D eigenvalue weighted by molar-refractivity contribution is 0.128. The number of methoxy groups -OCH3 is 2. The van der Waals surface area contributed by atoms with Gasteiger partial charge in [0.05, 0.1) is 14.2 Å². The number of nitrogens with one attached hydrogen (secondary N) is 3. The SMILES string of the molecule is COc1cc(CSC2NC(=O)N3NCC(c4ccc(Cl)cc4)C3N2)cc(OC)c1. The number of amides is 2. The first-order chi connectivity index (χ1) is 14.1. The zero-order chi connectivity index (χ0) is 20.4. The van der Waals surface area contributed by atoms with Crippen molar-refractivity contribution in [2.45, 2.75) is 23.3 Å². The van der Waals surface area contributed by atoms with Gasteiger partial charge >= 0.3 is 6.03 Å². The van der Waals surface area contributed by atoms with Crippen LogP contribution in [0.5, 0.6) is 11.5 Å². The third-order valence-electron chi connectivity index (χ3n) is 5.06. The van der Waals surface area contributed by atoms with E-state index in [0.717, 1.165) is 22.6 Å². The lowest BCUT2D eigenvalue weighted by Crippen LogP contribution is -2.65. The number of ether oxygens (including phenoxy) is 2. The van der Waals surface area contributed by atoms with Gasteiger partial charge in [-0.25, -0.2) is 15.2 Å². The zero-order valence-electron chi connectivity index (χ0n) is 16.1. The van der Waals surface area contributed by atoms with E-state index in [1.165, 1.54) is 0 Å². The quantitative estimate of drug-likeness (QED) is 0.648. The molecule has 2 heterocycles. The van der Waals surface area contributed by atoms with Crippen LogP contribution in [0.3, 0.4) is 0 Å². The fourth-order valence-electron chi connectivity index (χ4n) is 3.58. The van der Waals surface area contributed by atoms with E-state index in [1.54, 1.807) is 31.0 Å². The van der Waals surface area contributed by atoms with Crippen LogP contribution in [0.1, 0.15) is 17.0 Å². The highest BCUT2D eigenvalue weighted by molar-refractivity contribution is 7.99. The van der Waals surface area contributed by atoms with Crippen LogP contribution in [0.25, 0.3) is 0 Å². The Morgan fingerprint density at radius 2 is 1.83 bits per heavy atom. The van der Waals surface area contributed by atoms with Crippen molar-refractivity contribution in [2.75, 3.05) is 20.8 Å². The van der Waals surface area contributed by atoms with Crippen molar-refractivity contribution in [3.8, 4) is 11.5 Å². The lowest BCUT2D eigenvalue weighted by atomic mass is 9.97. The monoisotopic (exact) mass is 434 g/mol. The first-order valence-corrected chi connectivity index (χ1v) is 10.7. The Morgan fingerprint density at radius 3 is 2.48 bits per heavy atom. The number of urea groups is 1. The molecule has 2 aromatic rings. The van der Waals surface area contributed by atoms with Gasteiger partial charge < -0.3 is 14.8 Å². The summed E-state index contributed by atoms with van der Waals surface area (Å²) >= 11 is 7.63. The second-order valence-electron chi connectivity index (χ2n) is 6.86. The van der Waals surface area contributed by atoms with Crippen LogP contribution in [0.15, 0.2) is 42.5 Å². The van der Waals surface area contributed by atoms with E-state index in [-0.39, 0.29) is 23.6 Å². The van der Waals surface area contributed by atoms with Gasteiger partial charge in [0.1, 0.15) is 23.2 Å². The molecule has 2 fully saturated rings. The van der Waals surface area contributed by atoms with Gasteiger partial charge in [0.2, 0.25) is 0 Å². The number of carbonyl (C=O) groups excluding carboxylic acids is 1. The number of thioether (sulfide) groups is 1. The van der Waals surface area contributed by atoms with Crippen LogP contribution in [0.2, 0.25) is 5.02 Å². The molecule has 2 aliphatic heterocycles. The summed E-state index contributed by atoms with van der Waals surface area (Å²) in [6.07, 6.45) is -0.137. The highest BCUT2D eigenvalue weighted by atomic mass is 35.5. The zero-order valence-corrected chi connectivity index (χ0v) is 17.7. The molecule has 4 rings (SSSR count). The normalized spacial score (nSPS) is 23.5. The largest absolute Gasteiger partial charge is 0.497 e. The van der Waals surface area contributed by atoms with Crippen LogP contribution < -0.4 is 25.5 Å². The van der Waals surface area contributed by atoms with Gasteiger partial charge in [0.25, 0.3) is 0 Å². The maximum atomic E-state index is 12.6. The molecule has 3 unspecified atom stereocenters. The van der Waals surface area contributed by atoms with E-state index in [9.17, 15) is 4.79 Å². The van der Waals surface area contributed by atoms with Crippen LogP contribution in [0.4, 0.5) is 4.79 Å². The number of carbonyl (C=O) groups is 1. The molecule has 9 heteroatoms. The van der Waals surface area contributed by atoms with Crippen molar-refractivity contribution >= 4 is 29.4 Å². The molecule has 0 radical (unpaired) electrons. The van der Waals surface area contributed by atoms with Crippen molar-refractivity contribution in [2.24, 2.45) is 0 Å². The summed E-state index contributed by atoms with van der Waals surface area (Å²) in [7, 11) is 3.26. The maximum absolute atomic E-state index is 12.6. The minimum Gasteiger partial charge on any atom is -0.497 e. The van der Waals surface area contributed by atoms with Gasteiger partial charge in [-0.05, 0) is 35.4 Å². The van der Waals surface area contributed by atoms with Gasteiger partial charge in [-0.15, -0.1) is 11.8 Å². The number of halogens is 1. The van der Waals surface area contributed by atoms with Crippen LogP contribution >= 0.6 is 23.4 Å². The highest BCUT2D eigenvalue weighted by Gasteiger charge is 2.43. The average molecular weight is 435 g/mol. The molecule has 0 aromatic heterocycles. The molecule has 3 atom stereocenters. The Balaban J connectivity index is 1.45. The fourth-order valence-corrected chi connectivity index (χ4v) is 4.65. The summed E-state index contributed by atoms with van der Waals surface area (Å²) in [6, 6.07) is 13.4. The van der Waals surface area contributed by atoms with Crippen molar-refractivity contribution in [3.63, 3.8) is 0 Å². The molecular weight excluding hydrogens is 412 g/mol. The summed E-state index contributed by atoms with van der Waals surface area (Å²) in [5.41, 5.74) is 5.16. The minimum atomic E-state index is -0.212. The number of nitrogens with zero attached hydrogens (tertiary/aromatic N) is 1. The molecule has 0 spiro atoms. The predicted molar refractivity (Wildman–Crippen MR) is 114 cm³/mol. The second kappa shape index (κ2) is 8.71. The Labute approximate surface area is 179 Å². The van der Waals surface area contributed by atoms with E-state index in [4.69, 9.17) is 21.1 Å². The average Bonchev–Trinajstić information content (AvgIpc) is 3.17. The summed E-state index contributed by atoms with van der Waals surface area (Å²) in [6.45, 7) is 0.678. The third kappa shape index (κ3) is 4.40. The second-order valence-corrected chi connectivity index (χ2v) is 8.39. The summed E-state index contributed by atoms with van der Waals surface area (Å²) in [5.74, 6) is 2.32. The molecule has 0 bridgehead atoms. The standard InChI is InChI=1S/C20H23ClN4O3S/c1-27-15-7-12(8-16(9-15)28-2)11-29-19-23-18-17(10-22-25(18)20(26)24-19)13-3-5-14(21)6-4-13/h3-9,17-19,22-23H,10-11H2,1-2H3,(H,24,26). The van der Waals surface area contributed by atoms with Crippen LogP contribution in [-0.2, 0) is 5.75 Å². The molecule has 0 saturated carbocycles. The number of fused-ring (bicyclic) bond motifs is 1. The maximum Gasteiger partial charge on any atom is 0.335 e. The smallest absolute Gasteiger partial charge is 0.335 e. The number of rotatable bonds is 6. The van der Waals surface area contributed by atoms with Crippen LogP contribution in [-0.4, -0.2) is 43.5 Å². The van der Waals surface area contributed by atoms with E-state index in [0.29, 0.717) is 17.3 Å². The first-order valence-electron chi connectivity index (χ1n) is 9.25. The molecule has 0 aliphatic carbocycles. The third-order valence-corrected chi connectivity index (χ3v) is 6.40. The fraction of sp³-hybridized carbons (Fsp3) is 0.350. The van der Waals surface area contributed by atoms with E-state index >= 15 is 0 Å². The van der Waals surface area contributed by atoms with Gasteiger partial charge in [-0.2, -0.15) is 0 Å². The Kier molecular flexibility index (Phi) is 6.05. The summed E-state index contributed by atoms with van der Waals surface area (Å²) in [4.78, 5) is 12.6. The molecule has 2 aliphatic rings. The van der Waals surface area contributed by atoms with Crippen molar-refractivity contribution < 1.29 is 14.3 Å². The Morgan fingerprint density at radius 1 is 1.14 bits per heavy atom. The van der Waals surface area contributed by atoms with Gasteiger partial charge in [0, 0.05) is 29.3 Å². The molecule has 2 saturated heterocycles. The molecule has 3 N–H and O–H groups in total. The number of hydrogen-bond acceptors (Lipinski definition) is 6. The van der Waals surface area contributed by atoms with Crippen molar-refractivity contribution in [1.29, 1.82) is 0 Å². The van der Waals surface area contributed by atoms with Crippen LogP contribution in [0, 0.1) is 0 Å². The first kappa shape index (κ1) is 20.2. The van der Waals surface area contributed by atoms with E-state index < -0.39 is 0 Å². The molecule has 2 aromatic carbocycles. The Bertz CT molecular complexity index is 860. The van der Waals surface area contributed by atoms with Gasteiger partial charge in [-0.3, -0.25) is 5.32 Å². The molecule has 7 nitrogen and oxygen atoms in total. The molecule has 29 heavy (non-hydrogen) atoms. The predicted octanol–water partition coefficient (Wildman–Crippen LogP) is 3.12. The summed E-state index contributed by atoms with van der Waals surface area (Å²) < 4.78 is 10.7. The Hall–Kier alpha value is -2.13. The van der Waals surface area contributed by atoms with Crippen molar-refractivity contribution in [1.82, 2.24) is 21.1 Å². The van der Waals surface area contributed by atoms with Gasteiger partial charge in [-0.1, -0.05) is 23.7 Å². The number of hydrazine groups is 1.